The molecule has 30 heavy (non-hydrogen) atoms. The Morgan fingerprint density at radius 2 is 2.03 bits per heavy atom. The van der Waals surface area contributed by atoms with Crippen LogP contribution in [0, 0.1) is 11.6 Å². The van der Waals surface area contributed by atoms with E-state index in [9.17, 15) is 13.6 Å². The van der Waals surface area contributed by atoms with Gasteiger partial charge in [-0.15, -0.1) is 0 Å². The first-order valence-corrected chi connectivity index (χ1v) is 9.40. The molecule has 1 fully saturated rings. The summed E-state index contributed by atoms with van der Waals surface area (Å²) in [6.45, 7) is 2.09. The number of nitrogen functional groups attached to an aromatic ring is 1. The van der Waals surface area contributed by atoms with E-state index < -0.39 is 11.6 Å². The van der Waals surface area contributed by atoms with E-state index >= 15 is 0 Å². The van der Waals surface area contributed by atoms with Crippen molar-refractivity contribution in [3.05, 3.63) is 59.4 Å². The summed E-state index contributed by atoms with van der Waals surface area (Å²) in [5.41, 5.74) is 8.36. The van der Waals surface area contributed by atoms with Gasteiger partial charge in [-0.3, -0.25) is 10.00 Å². The van der Waals surface area contributed by atoms with Crippen molar-refractivity contribution in [1.29, 1.82) is 0 Å². The lowest BCUT2D eigenvalue weighted by Gasteiger charge is -2.26. The molecule has 5 rings (SSSR count). The lowest BCUT2D eigenvalue weighted by molar-refractivity contribution is -0.0289. The Labute approximate surface area is 170 Å². The van der Waals surface area contributed by atoms with Crippen LogP contribution in [-0.4, -0.2) is 38.9 Å². The van der Waals surface area contributed by atoms with Crippen LogP contribution in [0.1, 0.15) is 17.3 Å². The van der Waals surface area contributed by atoms with E-state index in [1.807, 2.05) is 10.9 Å². The maximum absolute atomic E-state index is 14.1. The standard InChI is InChI=1S/C20H18F2N6O2/c21-12-1-2-14(15(22)5-12)17-4-3-16(23)19(24-17)25-20(29)27-6-11-7-28(13-9-30-10-13)26-18(11)8-27/h1-5,7,13H,6,8-10,23H2,(H,24,25,29). The van der Waals surface area contributed by atoms with E-state index in [0.29, 0.717) is 26.3 Å². The van der Waals surface area contributed by atoms with Crippen LogP contribution in [0.15, 0.2) is 36.5 Å². The van der Waals surface area contributed by atoms with E-state index in [1.165, 1.54) is 18.2 Å². The third kappa shape index (κ3) is 3.24. The van der Waals surface area contributed by atoms with Crippen molar-refractivity contribution in [2.75, 3.05) is 24.3 Å². The summed E-state index contributed by atoms with van der Waals surface area (Å²) in [7, 11) is 0. The van der Waals surface area contributed by atoms with Crippen LogP contribution in [-0.2, 0) is 17.8 Å². The number of nitrogens with zero attached hydrogens (tertiary/aromatic N) is 4. The number of amides is 2. The molecule has 2 aliphatic heterocycles. The van der Waals surface area contributed by atoms with Gasteiger partial charge in [-0.05, 0) is 24.3 Å². The normalized spacial score (nSPS) is 15.7. The quantitative estimate of drug-likeness (QED) is 0.689. The first-order chi connectivity index (χ1) is 14.5. The molecule has 0 radical (unpaired) electrons. The molecule has 1 saturated heterocycles. The van der Waals surface area contributed by atoms with Crippen molar-refractivity contribution in [1.82, 2.24) is 19.7 Å². The molecule has 0 spiro atoms. The third-order valence-corrected chi connectivity index (χ3v) is 5.24. The van der Waals surface area contributed by atoms with Crippen LogP contribution in [0.4, 0.5) is 25.1 Å². The molecule has 0 unspecified atom stereocenters. The maximum atomic E-state index is 14.1. The van der Waals surface area contributed by atoms with Crippen LogP contribution in [0.3, 0.4) is 0 Å². The van der Waals surface area contributed by atoms with E-state index in [1.54, 1.807) is 4.90 Å². The van der Waals surface area contributed by atoms with Crippen LogP contribution >= 0.6 is 0 Å². The van der Waals surface area contributed by atoms with E-state index in [-0.39, 0.29) is 34.8 Å². The summed E-state index contributed by atoms with van der Waals surface area (Å²) >= 11 is 0. The number of halogens is 2. The van der Waals surface area contributed by atoms with Gasteiger partial charge < -0.3 is 15.4 Å². The van der Waals surface area contributed by atoms with Gasteiger partial charge in [-0.2, -0.15) is 5.10 Å². The highest BCUT2D eigenvalue weighted by Crippen LogP contribution is 2.28. The Kier molecular flexibility index (Phi) is 4.35. The van der Waals surface area contributed by atoms with Gasteiger partial charge >= 0.3 is 6.03 Å². The maximum Gasteiger partial charge on any atom is 0.323 e. The average molecular weight is 412 g/mol. The highest BCUT2D eigenvalue weighted by atomic mass is 19.1. The molecule has 154 valence electrons. The molecule has 0 saturated carbocycles. The second kappa shape index (κ2) is 7.06. The second-order valence-corrected chi connectivity index (χ2v) is 7.32. The van der Waals surface area contributed by atoms with Crippen molar-refractivity contribution in [2.45, 2.75) is 19.1 Å². The van der Waals surface area contributed by atoms with Crippen LogP contribution in [0.5, 0.6) is 0 Å². The zero-order chi connectivity index (χ0) is 20.8. The minimum atomic E-state index is -0.747. The zero-order valence-corrected chi connectivity index (χ0v) is 15.8. The van der Waals surface area contributed by atoms with E-state index in [0.717, 1.165) is 23.4 Å². The molecule has 10 heteroatoms. The highest BCUT2D eigenvalue weighted by Gasteiger charge is 2.30. The number of anilines is 2. The number of pyridine rings is 1. The number of rotatable bonds is 3. The third-order valence-electron chi connectivity index (χ3n) is 5.24. The lowest BCUT2D eigenvalue weighted by atomic mass is 10.1. The fourth-order valence-electron chi connectivity index (χ4n) is 3.48. The molecule has 2 aromatic heterocycles. The summed E-state index contributed by atoms with van der Waals surface area (Å²) in [6, 6.07) is 6.12. The van der Waals surface area contributed by atoms with Gasteiger partial charge in [0.25, 0.3) is 0 Å². The van der Waals surface area contributed by atoms with Crippen molar-refractivity contribution in [3.63, 3.8) is 0 Å². The largest absolute Gasteiger partial charge is 0.396 e. The zero-order valence-electron chi connectivity index (χ0n) is 15.8. The summed E-state index contributed by atoms with van der Waals surface area (Å²) in [5, 5.41) is 7.22. The average Bonchev–Trinajstić information content (AvgIpc) is 3.21. The summed E-state index contributed by atoms with van der Waals surface area (Å²) in [4.78, 5) is 18.6. The predicted molar refractivity (Wildman–Crippen MR) is 104 cm³/mol. The molecular weight excluding hydrogens is 394 g/mol. The molecule has 3 aromatic rings. The number of ether oxygens (including phenoxy) is 1. The number of carbonyl (C=O) groups excluding carboxylic acids is 1. The molecule has 3 N–H and O–H groups in total. The monoisotopic (exact) mass is 412 g/mol. The number of urea groups is 1. The van der Waals surface area contributed by atoms with Gasteiger partial charge in [0, 0.05) is 23.4 Å². The number of nitrogens with two attached hydrogens (primary N) is 1. The Hall–Kier alpha value is -3.53. The van der Waals surface area contributed by atoms with Crippen molar-refractivity contribution < 1.29 is 18.3 Å². The summed E-state index contributed by atoms with van der Waals surface area (Å²) in [6.07, 6.45) is 1.94. The number of carbonyl (C=O) groups is 1. The van der Waals surface area contributed by atoms with Gasteiger partial charge in [0.2, 0.25) is 0 Å². The number of hydrogen-bond acceptors (Lipinski definition) is 5. The summed E-state index contributed by atoms with van der Waals surface area (Å²) < 4.78 is 34.3. The Morgan fingerprint density at radius 1 is 1.20 bits per heavy atom. The lowest BCUT2D eigenvalue weighted by Crippen LogP contribution is -2.33. The number of nitrogens with one attached hydrogen (secondary N) is 1. The van der Waals surface area contributed by atoms with E-state index in [4.69, 9.17) is 10.5 Å². The Bertz CT molecular complexity index is 1120. The van der Waals surface area contributed by atoms with Gasteiger partial charge in [0.1, 0.15) is 11.6 Å². The SMILES string of the molecule is Nc1ccc(-c2ccc(F)cc2F)nc1NC(=O)N1Cc2cn(C3COC3)nc2C1. The number of aromatic nitrogens is 3. The molecule has 0 bridgehead atoms. The molecule has 0 aliphatic carbocycles. The number of hydrogen-bond donors (Lipinski definition) is 2. The minimum Gasteiger partial charge on any atom is -0.396 e. The van der Waals surface area contributed by atoms with Gasteiger partial charge in [0.15, 0.2) is 5.82 Å². The molecule has 8 nitrogen and oxygen atoms in total. The second-order valence-electron chi connectivity index (χ2n) is 7.32. The van der Waals surface area contributed by atoms with E-state index in [2.05, 4.69) is 15.4 Å². The van der Waals surface area contributed by atoms with Crippen LogP contribution < -0.4 is 11.1 Å². The van der Waals surface area contributed by atoms with Crippen molar-refractivity contribution >= 4 is 17.5 Å². The summed E-state index contributed by atoms with van der Waals surface area (Å²) in [5.74, 6) is -1.31. The van der Waals surface area contributed by atoms with Gasteiger partial charge in [-0.1, -0.05) is 0 Å². The molecule has 2 aliphatic rings. The number of benzene rings is 1. The minimum absolute atomic E-state index is 0.113. The Balaban J connectivity index is 1.31. The van der Waals surface area contributed by atoms with Crippen LogP contribution in [0.2, 0.25) is 0 Å². The molecule has 0 atom stereocenters. The molecule has 2 amide bonds. The topological polar surface area (TPSA) is 98.3 Å². The van der Waals surface area contributed by atoms with Crippen molar-refractivity contribution in [3.8, 4) is 11.3 Å². The predicted octanol–water partition coefficient (Wildman–Crippen LogP) is 2.92. The van der Waals surface area contributed by atoms with Gasteiger partial charge in [0.05, 0.1) is 49.4 Å². The first-order valence-electron chi connectivity index (χ1n) is 9.40. The molecule has 4 heterocycles. The number of fused-ring (bicyclic) bond motifs is 1. The van der Waals surface area contributed by atoms with Gasteiger partial charge in [-0.25, -0.2) is 18.6 Å². The fraction of sp³-hybridized carbons (Fsp3) is 0.250. The fourth-order valence-corrected chi connectivity index (χ4v) is 3.48. The smallest absolute Gasteiger partial charge is 0.323 e. The Morgan fingerprint density at radius 3 is 2.73 bits per heavy atom. The van der Waals surface area contributed by atoms with Crippen LogP contribution in [0.25, 0.3) is 11.3 Å². The van der Waals surface area contributed by atoms with Crippen molar-refractivity contribution in [2.24, 2.45) is 0 Å². The highest BCUT2D eigenvalue weighted by molar-refractivity contribution is 5.92. The molecular formula is C20H18F2N6O2. The molecule has 1 aromatic carbocycles. The first kappa shape index (κ1) is 18.5.